The fourth-order valence-electron chi connectivity index (χ4n) is 2.31. The van der Waals surface area contributed by atoms with Gasteiger partial charge in [-0.15, -0.1) is 0 Å². The number of nitrogens with zero attached hydrogens (tertiary/aromatic N) is 3. The summed E-state index contributed by atoms with van der Waals surface area (Å²) in [6.07, 6.45) is 5.21. The molecule has 2 aromatic heterocycles. The average Bonchev–Trinajstić information content (AvgIpc) is 2.81. The monoisotopic (exact) mass is 230 g/mol. The smallest absolute Gasteiger partial charge is 0.139 e. The van der Waals surface area contributed by atoms with Crippen LogP contribution in [-0.4, -0.2) is 35.6 Å². The highest BCUT2D eigenvalue weighted by atomic mass is 15.2. The van der Waals surface area contributed by atoms with E-state index in [1.807, 2.05) is 0 Å². The Morgan fingerprint density at radius 2 is 2.18 bits per heavy atom. The number of hydrogen-bond acceptors (Lipinski definition) is 3. The van der Waals surface area contributed by atoms with Crippen molar-refractivity contribution in [2.45, 2.75) is 13.3 Å². The van der Waals surface area contributed by atoms with Crippen molar-refractivity contribution >= 4 is 11.3 Å². The molecule has 0 amide bonds. The van der Waals surface area contributed by atoms with E-state index in [1.165, 1.54) is 5.69 Å². The van der Waals surface area contributed by atoms with E-state index in [4.69, 9.17) is 0 Å². The molecule has 3 heterocycles. The highest BCUT2D eigenvalue weighted by molar-refractivity contribution is 5.56. The summed E-state index contributed by atoms with van der Waals surface area (Å²) >= 11 is 0. The first-order chi connectivity index (χ1) is 8.36. The summed E-state index contributed by atoms with van der Waals surface area (Å²) in [6, 6.07) is 4.36. The first-order valence-electron chi connectivity index (χ1n) is 6.30. The Morgan fingerprint density at radius 1 is 1.35 bits per heavy atom. The summed E-state index contributed by atoms with van der Waals surface area (Å²) in [4.78, 5) is 7.02. The topological polar surface area (TPSA) is 32.6 Å². The molecule has 4 heteroatoms. The SMILES string of the molecule is CCc1cn2ccc(N3CCNCC3)cc2n1. The molecule has 0 radical (unpaired) electrons. The fraction of sp³-hybridized carbons (Fsp3) is 0.462. The van der Waals surface area contributed by atoms with E-state index in [-0.39, 0.29) is 0 Å². The fourth-order valence-corrected chi connectivity index (χ4v) is 2.31. The molecule has 0 spiro atoms. The minimum absolute atomic E-state index is 0.991. The molecule has 3 rings (SSSR count). The predicted molar refractivity (Wildman–Crippen MR) is 69.7 cm³/mol. The van der Waals surface area contributed by atoms with Gasteiger partial charge in [0, 0.05) is 50.3 Å². The summed E-state index contributed by atoms with van der Waals surface area (Å²) in [6.45, 7) is 6.44. The van der Waals surface area contributed by atoms with Crippen molar-refractivity contribution in [2.24, 2.45) is 0 Å². The second kappa shape index (κ2) is 4.37. The third-order valence-corrected chi connectivity index (χ3v) is 3.34. The van der Waals surface area contributed by atoms with Crippen LogP contribution in [0.15, 0.2) is 24.5 Å². The van der Waals surface area contributed by atoms with Gasteiger partial charge in [-0.3, -0.25) is 0 Å². The zero-order valence-corrected chi connectivity index (χ0v) is 10.2. The summed E-state index contributed by atoms with van der Waals surface area (Å²) in [5, 5.41) is 3.37. The molecule has 1 aliphatic rings. The number of nitrogens with one attached hydrogen (secondary N) is 1. The Labute approximate surface area is 101 Å². The standard InChI is InChI=1S/C13H18N4/c1-2-11-10-17-6-3-12(9-13(17)15-11)16-7-4-14-5-8-16/h3,6,9-10,14H,2,4-5,7-8H2,1H3. The molecule has 1 fully saturated rings. The second-order valence-corrected chi connectivity index (χ2v) is 4.47. The molecule has 17 heavy (non-hydrogen) atoms. The molecule has 0 atom stereocenters. The average molecular weight is 230 g/mol. The Morgan fingerprint density at radius 3 is 2.94 bits per heavy atom. The van der Waals surface area contributed by atoms with Crippen LogP contribution in [-0.2, 0) is 6.42 Å². The molecule has 2 aromatic rings. The van der Waals surface area contributed by atoms with Crippen LogP contribution < -0.4 is 10.2 Å². The number of hydrogen-bond donors (Lipinski definition) is 1. The highest BCUT2D eigenvalue weighted by Crippen LogP contribution is 2.17. The van der Waals surface area contributed by atoms with Gasteiger partial charge in [0.15, 0.2) is 0 Å². The van der Waals surface area contributed by atoms with E-state index >= 15 is 0 Å². The quantitative estimate of drug-likeness (QED) is 0.844. The van der Waals surface area contributed by atoms with Gasteiger partial charge in [-0.25, -0.2) is 4.98 Å². The zero-order chi connectivity index (χ0) is 11.7. The van der Waals surface area contributed by atoms with Crippen LogP contribution in [0.1, 0.15) is 12.6 Å². The third kappa shape index (κ3) is 2.00. The first-order valence-corrected chi connectivity index (χ1v) is 6.30. The molecule has 1 aliphatic heterocycles. The summed E-state index contributed by atoms with van der Waals surface area (Å²) in [7, 11) is 0. The number of anilines is 1. The maximum absolute atomic E-state index is 4.61. The van der Waals surface area contributed by atoms with Crippen LogP contribution in [0.5, 0.6) is 0 Å². The minimum Gasteiger partial charge on any atom is -0.369 e. The maximum Gasteiger partial charge on any atom is 0.139 e. The highest BCUT2D eigenvalue weighted by Gasteiger charge is 2.11. The molecular formula is C13H18N4. The summed E-state index contributed by atoms with van der Waals surface area (Å²) < 4.78 is 2.10. The van der Waals surface area contributed by atoms with Gasteiger partial charge in [-0.1, -0.05) is 6.92 Å². The second-order valence-electron chi connectivity index (χ2n) is 4.47. The van der Waals surface area contributed by atoms with E-state index in [1.54, 1.807) is 0 Å². The van der Waals surface area contributed by atoms with Crippen LogP contribution in [0.25, 0.3) is 5.65 Å². The van der Waals surface area contributed by atoms with Crippen molar-refractivity contribution in [1.82, 2.24) is 14.7 Å². The van der Waals surface area contributed by atoms with Gasteiger partial charge in [0.1, 0.15) is 5.65 Å². The Bertz CT molecular complexity index is 511. The zero-order valence-electron chi connectivity index (χ0n) is 10.2. The summed E-state index contributed by atoms with van der Waals surface area (Å²) in [5.74, 6) is 0. The number of aryl methyl sites for hydroxylation is 1. The van der Waals surface area contributed by atoms with Crippen LogP contribution in [0.4, 0.5) is 5.69 Å². The molecular weight excluding hydrogens is 212 g/mol. The van der Waals surface area contributed by atoms with Gasteiger partial charge in [0.25, 0.3) is 0 Å². The number of imidazole rings is 1. The molecule has 4 nitrogen and oxygen atoms in total. The molecule has 0 saturated carbocycles. The minimum atomic E-state index is 0.991. The normalized spacial score (nSPS) is 16.6. The van der Waals surface area contributed by atoms with Gasteiger partial charge in [-0.2, -0.15) is 0 Å². The number of pyridine rings is 1. The van der Waals surface area contributed by atoms with E-state index in [9.17, 15) is 0 Å². The van der Waals surface area contributed by atoms with Crippen LogP contribution in [0, 0.1) is 0 Å². The van der Waals surface area contributed by atoms with Gasteiger partial charge in [-0.05, 0) is 12.5 Å². The van der Waals surface area contributed by atoms with Crippen molar-refractivity contribution < 1.29 is 0 Å². The Kier molecular flexibility index (Phi) is 2.73. The summed E-state index contributed by atoms with van der Waals surface area (Å²) in [5.41, 5.74) is 3.49. The predicted octanol–water partition coefficient (Wildman–Crippen LogP) is 1.31. The van der Waals surface area contributed by atoms with E-state index < -0.39 is 0 Å². The van der Waals surface area contributed by atoms with Crippen molar-refractivity contribution in [3.05, 3.63) is 30.2 Å². The number of aromatic nitrogens is 2. The van der Waals surface area contributed by atoms with Gasteiger partial charge in [0.05, 0.1) is 5.69 Å². The lowest BCUT2D eigenvalue weighted by Gasteiger charge is -2.29. The Balaban J connectivity index is 1.94. The number of piperazine rings is 1. The number of fused-ring (bicyclic) bond motifs is 1. The van der Waals surface area contributed by atoms with Crippen molar-refractivity contribution in [2.75, 3.05) is 31.1 Å². The molecule has 0 bridgehead atoms. The molecule has 0 aromatic carbocycles. The molecule has 1 saturated heterocycles. The van der Waals surface area contributed by atoms with Crippen molar-refractivity contribution in [3.63, 3.8) is 0 Å². The number of rotatable bonds is 2. The van der Waals surface area contributed by atoms with E-state index in [2.05, 4.69) is 51.1 Å². The van der Waals surface area contributed by atoms with Gasteiger partial charge in [0.2, 0.25) is 0 Å². The Hall–Kier alpha value is -1.55. The third-order valence-electron chi connectivity index (χ3n) is 3.34. The molecule has 1 N–H and O–H groups in total. The van der Waals surface area contributed by atoms with E-state index in [0.29, 0.717) is 0 Å². The molecule has 90 valence electrons. The maximum atomic E-state index is 4.61. The lowest BCUT2D eigenvalue weighted by molar-refractivity contribution is 0.589. The van der Waals surface area contributed by atoms with Crippen molar-refractivity contribution in [3.8, 4) is 0 Å². The van der Waals surface area contributed by atoms with Crippen molar-refractivity contribution in [1.29, 1.82) is 0 Å². The molecule has 0 aliphatic carbocycles. The first kappa shape index (κ1) is 10.6. The lowest BCUT2D eigenvalue weighted by atomic mass is 10.3. The van der Waals surface area contributed by atoms with Gasteiger partial charge < -0.3 is 14.6 Å². The lowest BCUT2D eigenvalue weighted by Crippen LogP contribution is -2.43. The van der Waals surface area contributed by atoms with Crippen LogP contribution in [0.2, 0.25) is 0 Å². The van der Waals surface area contributed by atoms with E-state index in [0.717, 1.165) is 43.9 Å². The largest absolute Gasteiger partial charge is 0.369 e. The molecule has 0 unspecified atom stereocenters. The van der Waals surface area contributed by atoms with Crippen LogP contribution in [0.3, 0.4) is 0 Å². The van der Waals surface area contributed by atoms with Gasteiger partial charge >= 0.3 is 0 Å². The van der Waals surface area contributed by atoms with Crippen LogP contribution >= 0.6 is 0 Å².